The molecule has 0 bridgehead atoms. The van der Waals surface area contributed by atoms with Gasteiger partial charge in [-0.25, -0.2) is 17.9 Å². The highest BCUT2D eigenvalue weighted by Crippen LogP contribution is 2.33. The summed E-state index contributed by atoms with van der Waals surface area (Å²) in [6.45, 7) is 3.31. The molecule has 2 aromatic carbocycles. The molecule has 5 rings (SSSR count). The van der Waals surface area contributed by atoms with Gasteiger partial charge in [-0.1, -0.05) is 34.5 Å². The number of benzene rings is 2. The Morgan fingerprint density at radius 1 is 1.11 bits per heavy atom. The fourth-order valence-electron chi connectivity index (χ4n) is 4.79. The third kappa shape index (κ3) is 5.87. The molecule has 0 amide bonds. The molecule has 0 saturated carbocycles. The van der Waals surface area contributed by atoms with Gasteiger partial charge in [0, 0.05) is 46.1 Å². The van der Waals surface area contributed by atoms with E-state index in [0.29, 0.717) is 52.4 Å². The predicted octanol–water partition coefficient (Wildman–Crippen LogP) is 4.12. The largest absolute Gasteiger partial charge is 0.477 e. The molecule has 200 valence electrons. The summed E-state index contributed by atoms with van der Waals surface area (Å²) in [6, 6.07) is 11.3. The number of carboxylic acid groups (broad SMARTS) is 1. The minimum atomic E-state index is -3.57. The summed E-state index contributed by atoms with van der Waals surface area (Å²) in [4.78, 5) is 17.2. The average molecular weight is 577 g/mol. The molecule has 1 saturated heterocycles. The lowest BCUT2D eigenvalue weighted by atomic mass is 9.97. The monoisotopic (exact) mass is 576 g/mol. The summed E-state index contributed by atoms with van der Waals surface area (Å²) in [5.41, 5.74) is 1.66. The molecule has 3 N–H and O–H groups in total. The highest BCUT2D eigenvalue weighted by Gasteiger charge is 2.24. The predicted molar refractivity (Wildman–Crippen MR) is 145 cm³/mol. The van der Waals surface area contributed by atoms with Crippen molar-refractivity contribution in [1.29, 1.82) is 0 Å². The van der Waals surface area contributed by atoms with Crippen molar-refractivity contribution in [2.45, 2.75) is 24.3 Å². The Morgan fingerprint density at radius 2 is 1.82 bits per heavy atom. The number of piperidine rings is 1. The van der Waals surface area contributed by atoms with E-state index in [1.807, 2.05) is 0 Å². The topological polar surface area (TPSA) is 133 Å². The maximum absolute atomic E-state index is 12.4. The Labute approximate surface area is 229 Å². The maximum atomic E-state index is 12.4. The van der Waals surface area contributed by atoms with Crippen LogP contribution in [0.25, 0.3) is 22.2 Å². The number of hydrogen-bond donors (Lipinski definition) is 3. The number of carbonyl (C=O) groups is 1. The Balaban J connectivity index is 1.15. The van der Waals surface area contributed by atoms with Gasteiger partial charge < -0.3 is 15.0 Å². The normalized spacial score (nSPS) is 15.3. The number of halogens is 2. The van der Waals surface area contributed by atoms with Gasteiger partial charge in [0.2, 0.25) is 10.0 Å². The molecule has 13 heteroatoms. The van der Waals surface area contributed by atoms with Crippen LogP contribution in [-0.4, -0.2) is 70.6 Å². The van der Waals surface area contributed by atoms with Crippen molar-refractivity contribution in [2.24, 2.45) is 5.92 Å². The first-order chi connectivity index (χ1) is 18.2. The van der Waals surface area contributed by atoms with Crippen molar-refractivity contribution in [2.75, 3.05) is 26.2 Å². The fourth-order valence-corrected chi connectivity index (χ4v) is 6.11. The summed E-state index contributed by atoms with van der Waals surface area (Å²) >= 11 is 11.9. The smallest absolute Gasteiger partial charge is 0.353 e. The zero-order chi connectivity index (χ0) is 26.9. The van der Waals surface area contributed by atoms with Gasteiger partial charge in [-0.3, -0.25) is 4.68 Å². The van der Waals surface area contributed by atoms with Crippen LogP contribution in [-0.2, 0) is 16.6 Å². The summed E-state index contributed by atoms with van der Waals surface area (Å²) in [5, 5.41) is 19.9. The van der Waals surface area contributed by atoms with E-state index in [4.69, 9.17) is 23.2 Å². The van der Waals surface area contributed by atoms with Crippen molar-refractivity contribution in [3.63, 3.8) is 0 Å². The Morgan fingerprint density at radius 3 is 2.53 bits per heavy atom. The molecule has 0 unspecified atom stereocenters. The van der Waals surface area contributed by atoms with Gasteiger partial charge in [0.05, 0.1) is 11.1 Å². The van der Waals surface area contributed by atoms with Crippen molar-refractivity contribution in [3.05, 3.63) is 64.4 Å². The standard InChI is InChI=1S/C25H26Cl2N6O4S/c26-17-1-4-19(5-2-17)38(36,37)28-9-12-32-10-7-16(8-11-32)14-33-15-22(30-31-33)23-20-6-3-18(27)13-21(20)29-24(23)25(34)35/h1-6,13,15-16,28-29H,7-12,14H2,(H,34,35). The summed E-state index contributed by atoms with van der Waals surface area (Å²) < 4.78 is 29.3. The van der Waals surface area contributed by atoms with E-state index >= 15 is 0 Å². The first-order valence-corrected chi connectivity index (χ1v) is 14.4. The third-order valence-corrected chi connectivity index (χ3v) is 8.73. The SMILES string of the molecule is O=C(O)c1[nH]c2cc(Cl)ccc2c1-c1cn(CC2CCN(CCNS(=O)(=O)c3ccc(Cl)cc3)CC2)nn1. The lowest BCUT2D eigenvalue weighted by molar-refractivity contribution is 0.0692. The molecule has 1 aliphatic heterocycles. The van der Waals surface area contributed by atoms with Gasteiger partial charge in [0.25, 0.3) is 0 Å². The molecule has 10 nitrogen and oxygen atoms in total. The van der Waals surface area contributed by atoms with Crippen LogP contribution in [0.1, 0.15) is 23.3 Å². The van der Waals surface area contributed by atoms with Crippen LogP contribution in [0, 0.1) is 5.92 Å². The van der Waals surface area contributed by atoms with Crippen molar-refractivity contribution < 1.29 is 18.3 Å². The van der Waals surface area contributed by atoms with Gasteiger partial charge in [-0.2, -0.15) is 0 Å². The molecule has 0 atom stereocenters. The van der Waals surface area contributed by atoms with E-state index in [-0.39, 0.29) is 10.6 Å². The van der Waals surface area contributed by atoms with Crippen LogP contribution in [0.15, 0.2) is 53.6 Å². The van der Waals surface area contributed by atoms with Crippen molar-refractivity contribution >= 4 is 50.1 Å². The molecule has 0 aliphatic carbocycles. The molecule has 0 spiro atoms. The van der Waals surface area contributed by atoms with E-state index in [0.717, 1.165) is 31.3 Å². The highest BCUT2D eigenvalue weighted by molar-refractivity contribution is 7.89. The van der Waals surface area contributed by atoms with Crippen molar-refractivity contribution in [1.82, 2.24) is 29.6 Å². The molecule has 4 aromatic rings. The number of aromatic carboxylic acids is 1. The molecule has 1 aliphatic rings. The molecule has 2 aromatic heterocycles. The molecular formula is C25H26Cl2N6O4S. The lowest BCUT2D eigenvalue weighted by Crippen LogP contribution is -2.40. The van der Waals surface area contributed by atoms with Gasteiger partial charge in [-0.15, -0.1) is 5.10 Å². The zero-order valence-electron chi connectivity index (χ0n) is 20.3. The van der Waals surface area contributed by atoms with Crippen LogP contribution in [0.2, 0.25) is 10.0 Å². The highest BCUT2D eigenvalue weighted by atomic mass is 35.5. The number of aromatic nitrogens is 4. The van der Waals surface area contributed by atoms with E-state index < -0.39 is 16.0 Å². The second kappa shape index (κ2) is 11.0. The Kier molecular flexibility index (Phi) is 7.73. The lowest BCUT2D eigenvalue weighted by Gasteiger charge is -2.31. The van der Waals surface area contributed by atoms with Gasteiger partial charge in [0.1, 0.15) is 11.4 Å². The van der Waals surface area contributed by atoms with Crippen LogP contribution in [0.3, 0.4) is 0 Å². The molecule has 1 fully saturated rings. The second-order valence-electron chi connectivity index (χ2n) is 9.33. The first-order valence-electron chi connectivity index (χ1n) is 12.1. The van der Waals surface area contributed by atoms with Gasteiger partial charge in [-0.05, 0) is 68.2 Å². The fraction of sp³-hybridized carbons (Fsp3) is 0.320. The molecule has 0 radical (unpaired) electrons. The number of hydrogen-bond acceptors (Lipinski definition) is 6. The third-order valence-electron chi connectivity index (χ3n) is 6.77. The van der Waals surface area contributed by atoms with Crippen LogP contribution in [0.4, 0.5) is 0 Å². The minimum Gasteiger partial charge on any atom is -0.477 e. The summed E-state index contributed by atoms with van der Waals surface area (Å²) in [6.07, 6.45) is 3.65. The van der Waals surface area contributed by atoms with Crippen LogP contribution >= 0.6 is 23.2 Å². The molecule has 38 heavy (non-hydrogen) atoms. The Bertz CT molecular complexity index is 1560. The number of rotatable bonds is 9. The van der Waals surface area contributed by atoms with Crippen LogP contribution < -0.4 is 4.72 Å². The number of fused-ring (bicyclic) bond motifs is 1. The minimum absolute atomic E-state index is 0.0503. The number of carboxylic acids is 1. The van der Waals surface area contributed by atoms with E-state index in [2.05, 4.69) is 24.9 Å². The second-order valence-corrected chi connectivity index (χ2v) is 12.0. The quantitative estimate of drug-likeness (QED) is 0.273. The first kappa shape index (κ1) is 26.6. The number of nitrogens with zero attached hydrogens (tertiary/aromatic N) is 4. The number of H-pyrrole nitrogens is 1. The zero-order valence-corrected chi connectivity index (χ0v) is 22.6. The number of likely N-dealkylation sites (tertiary alicyclic amines) is 1. The molecular weight excluding hydrogens is 551 g/mol. The maximum Gasteiger partial charge on any atom is 0.353 e. The average Bonchev–Trinajstić information content (AvgIpc) is 3.49. The van der Waals surface area contributed by atoms with E-state index in [1.165, 1.54) is 12.1 Å². The van der Waals surface area contributed by atoms with Gasteiger partial charge in [0.15, 0.2) is 0 Å². The van der Waals surface area contributed by atoms with Gasteiger partial charge >= 0.3 is 5.97 Å². The number of aromatic amines is 1. The summed E-state index contributed by atoms with van der Waals surface area (Å²) in [7, 11) is -3.57. The Hall–Kier alpha value is -2.96. The van der Waals surface area contributed by atoms with Crippen LogP contribution in [0.5, 0.6) is 0 Å². The summed E-state index contributed by atoms with van der Waals surface area (Å²) in [5.74, 6) is -0.697. The van der Waals surface area contributed by atoms with Crippen molar-refractivity contribution in [3.8, 4) is 11.3 Å². The van der Waals surface area contributed by atoms with E-state index in [9.17, 15) is 18.3 Å². The number of nitrogens with one attached hydrogen (secondary N) is 2. The molecule has 3 heterocycles. The number of sulfonamides is 1. The van der Waals surface area contributed by atoms with E-state index in [1.54, 1.807) is 41.2 Å².